The number of thiocarbonyl (C=S) groups is 1. The molecule has 0 heterocycles. The molecule has 0 aromatic heterocycles. The molecule has 1 aliphatic rings. The van der Waals surface area contributed by atoms with Gasteiger partial charge in [0, 0.05) is 5.92 Å². The molecule has 0 spiro atoms. The summed E-state index contributed by atoms with van der Waals surface area (Å²) >= 11 is 4.81. The summed E-state index contributed by atoms with van der Waals surface area (Å²) in [4.78, 5) is 0.688. The van der Waals surface area contributed by atoms with Crippen LogP contribution in [0.15, 0.2) is 0 Å². The van der Waals surface area contributed by atoms with Gasteiger partial charge in [0.05, 0.1) is 4.99 Å². The molecule has 0 amide bonds. The minimum atomic E-state index is 0.491. The second kappa shape index (κ2) is 2.02. The summed E-state index contributed by atoms with van der Waals surface area (Å²) in [6.07, 6.45) is 2.66. The van der Waals surface area contributed by atoms with E-state index in [1.54, 1.807) is 0 Å². The van der Waals surface area contributed by atoms with E-state index >= 15 is 0 Å². The topological polar surface area (TPSA) is 26.0 Å². The van der Waals surface area contributed by atoms with Gasteiger partial charge in [0.25, 0.3) is 0 Å². The van der Waals surface area contributed by atoms with Crippen molar-refractivity contribution in [2.75, 3.05) is 0 Å². The SMILES string of the molecule is C[C@H](C(N)=S)C1CC1. The maximum Gasteiger partial charge on any atom is 0.0758 e. The van der Waals surface area contributed by atoms with Crippen molar-refractivity contribution < 1.29 is 0 Å². The van der Waals surface area contributed by atoms with Crippen molar-refractivity contribution in [1.29, 1.82) is 0 Å². The van der Waals surface area contributed by atoms with Crippen molar-refractivity contribution in [2.45, 2.75) is 19.8 Å². The number of rotatable bonds is 2. The summed E-state index contributed by atoms with van der Waals surface area (Å²) in [6, 6.07) is 0. The molecule has 0 aromatic carbocycles. The van der Waals surface area contributed by atoms with Crippen LogP contribution in [0.3, 0.4) is 0 Å². The summed E-state index contributed by atoms with van der Waals surface area (Å²) in [5.41, 5.74) is 5.41. The molecule has 1 aliphatic carbocycles. The van der Waals surface area contributed by atoms with Crippen LogP contribution in [-0.4, -0.2) is 4.99 Å². The predicted molar refractivity (Wildman–Crippen MR) is 38.7 cm³/mol. The molecule has 1 fully saturated rings. The van der Waals surface area contributed by atoms with Gasteiger partial charge in [-0.25, -0.2) is 0 Å². The lowest BCUT2D eigenvalue weighted by molar-refractivity contribution is 0.669. The first-order chi connectivity index (χ1) is 3.72. The maximum absolute atomic E-state index is 5.41. The minimum absolute atomic E-state index is 0.491. The largest absolute Gasteiger partial charge is 0.393 e. The molecule has 0 saturated heterocycles. The van der Waals surface area contributed by atoms with E-state index in [0.29, 0.717) is 10.9 Å². The van der Waals surface area contributed by atoms with Crippen molar-refractivity contribution in [3.8, 4) is 0 Å². The van der Waals surface area contributed by atoms with E-state index in [0.717, 1.165) is 5.92 Å². The van der Waals surface area contributed by atoms with Crippen LogP contribution >= 0.6 is 12.2 Å². The lowest BCUT2D eigenvalue weighted by Crippen LogP contribution is -2.19. The molecule has 2 N–H and O–H groups in total. The van der Waals surface area contributed by atoms with Crippen molar-refractivity contribution in [2.24, 2.45) is 17.6 Å². The molecule has 0 bridgehead atoms. The van der Waals surface area contributed by atoms with Crippen molar-refractivity contribution in [3.05, 3.63) is 0 Å². The van der Waals surface area contributed by atoms with Gasteiger partial charge in [0.2, 0.25) is 0 Å². The first kappa shape index (κ1) is 6.02. The Morgan fingerprint density at radius 2 is 2.25 bits per heavy atom. The van der Waals surface area contributed by atoms with Gasteiger partial charge in [-0.1, -0.05) is 19.1 Å². The highest BCUT2D eigenvalue weighted by Crippen LogP contribution is 2.36. The zero-order valence-corrected chi connectivity index (χ0v) is 5.87. The zero-order valence-electron chi connectivity index (χ0n) is 5.05. The molecule has 0 aliphatic heterocycles. The molecule has 0 aromatic rings. The maximum atomic E-state index is 5.41. The van der Waals surface area contributed by atoms with Gasteiger partial charge < -0.3 is 5.73 Å². The third-order valence-corrected chi connectivity index (χ3v) is 2.15. The van der Waals surface area contributed by atoms with Crippen LogP contribution in [0.25, 0.3) is 0 Å². The average Bonchev–Trinajstić information content (AvgIpc) is 2.43. The fourth-order valence-electron chi connectivity index (χ4n) is 0.829. The molecule has 0 unspecified atom stereocenters. The molecule has 0 radical (unpaired) electrons. The van der Waals surface area contributed by atoms with Gasteiger partial charge in [-0.15, -0.1) is 0 Å². The fourth-order valence-corrected chi connectivity index (χ4v) is 1.02. The quantitative estimate of drug-likeness (QED) is 0.569. The fraction of sp³-hybridized carbons (Fsp3) is 0.833. The smallest absolute Gasteiger partial charge is 0.0758 e. The molecule has 46 valence electrons. The Morgan fingerprint density at radius 1 is 1.75 bits per heavy atom. The van der Waals surface area contributed by atoms with Crippen LogP contribution in [0.1, 0.15) is 19.8 Å². The Hall–Kier alpha value is -0.110. The molecule has 1 atom stereocenters. The lowest BCUT2D eigenvalue weighted by Gasteiger charge is -2.04. The summed E-state index contributed by atoms with van der Waals surface area (Å²) in [7, 11) is 0. The standard InChI is InChI=1S/C6H11NS/c1-4(6(7)8)5-2-3-5/h4-5H,2-3H2,1H3,(H2,7,8)/t4-/m0/s1. The van der Waals surface area contributed by atoms with Gasteiger partial charge in [-0.2, -0.15) is 0 Å². The molecule has 8 heavy (non-hydrogen) atoms. The predicted octanol–water partition coefficient (Wildman–Crippen LogP) is 1.32. The molecule has 1 saturated carbocycles. The van der Waals surface area contributed by atoms with Gasteiger partial charge >= 0.3 is 0 Å². The van der Waals surface area contributed by atoms with E-state index in [9.17, 15) is 0 Å². The Bertz CT molecular complexity index is 107. The van der Waals surface area contributed by atoms with Crippen molar-refractivity contribution in [1.82, 2.24) is 0 Å². The molecular formula is C6H11NS. The van der Waals surface area contributed by atoms with E-state index in [2.05, 4.69) is 6.92 Å². The van der Waals surface area contributed by atoms with E-state index in [1.807, 2.05) is 0 Å². The van der Waals surface area contributed by atoms with Crippen LogP contribution in [0, 0.1) is 11.8 Å². The van der Waals surface area contributed by atoms with E-state index < -0.39 is 0 Å². The molecule has 1 nitrogen and oxygen atoms in total. The van der Waals surface area contributed by atoms with Gasteiger partial charge in [0.15, 0.2) is 0 Å². The van der Waals surface area contributed by atoms with Crippen molar-refractivity contribution in [3.63, 3.8) is 0 Å². The number of hydrogen-bond acceptors (Lipinski definition) is 1. The van der Waals surface area contributed by atoms with Crippen LogP contribution in [0.5, 0.6) is 0 Å². The number of hydrogen-bond donors (Lipinski definition) is 1. The summed E-state index contributed by atoms with van der Waals surface area (Å²) in [6.45, 7) is 2.11. The highest BCUT2D eigenvalue weighted by molar-refractivity contribution is 7.80. The second-order valence-corrected chi connectivity index (χ2v) is 3.00. The zero-order chi connectivity index (χ0) is 6.15. The van der Waals surface area contributed by atoms with Crippen LogP contribution in [-0.2, 0) is 0 Å². The van der Waals surface area contributed by atoms with Gasteiger partial charge in [-0.3, -0.25) is 0 Å². The Kier molecular flexibility index (Phi) is 1.52. The van der Waals surface area contributed by atoms with E-state index in [1.165, 1.54) is 12.8 Å². The Balaban J connectivity index is 2.32. The normalized spacial score (nSPS) is 22.6. The molecule has 2 heteroatoms. The highest BCUT2D eigenvalue weighted by atomic mass is 32.1. The Morgan fingerprint density at radius 3 is 2.38 bits per heavy atom. The summed E-state index contributed by atoms with van der Waals surface area (Å²) in [5.74, 6) is 1.32. The Labute approximate surface area is 55.3 Å². The first-order valence-electron chi connectivity index (χ1n) is 3.01. The van der Waals surface area contributed by atoms with Gasteiger partial charge in [-0.05, 0) is 18.8 Å². The molecular weight excluding hydrogens is 118 g/mol. The van der Waals surface area contributed by atoms with E-state index in [4.69, 9.17) is 18.0 Å². The third-order valence-electron chi connectivity index (χ3n) is 1.78. The number of nitrogens with two attached hydrogens (primary N) is 1. The van der Waals surface area contributed by atoms with Crippen molar-refractivity contribution >= 4 is 17.2 Å². The molecule has 1 rings (SSSR count). The summed E-state index contributed by atoms with van der Waals surface area (Å²) < 4.78 is 0. The van der Waals surface area contributed by atoms with Crippen LogP contribution in [0.2, 0.25) is 0 Å². The third kappa shape index (κ3) is 1.19. The lowest BCUT2D eigenvalue weighted by atomic mass is 10.1. The monoisotopic (exact) mass is 129 g/mol. The second-order valence-electron chi connectivity index (χ2n) is 2.53. The van der Waals surface area contributed by atoms with E-state index in [-0.39, 0.29) is 0 Å². The summed E-state index contributed by atoms with van der Waals surface area (Å²) in [5, 5.41) is 0. The highest BCUT2D eigenvalue weighted by Gasteiger charge is 2.29. The average molecular weight is 129 g/mol. The van der Waals surface area contributed by atoms with Gasteiger partial charge in [0.1, 0.15) is 0 Å². The minimum Gasteiger partial charge on any atom is -0.393 e. The van der Waals surface area contributed by atoms with Crippen LogP contribution < -0.4 is 5.73 Å². The van der Waals surface area contributed by atoms with Crippen LogP contribution in [0.4, 0.5) is 0 Å². The first-order valence-corrected chi connectivity index (χ1v) is 3.42.